The maximum Gasteiger partial charge on any atom is 0.324 e. The zero-order valence-electron chi connectivity index (χ0n) is 39.2. The summed E-state index contributed by atoms with van der Waals surface area (Å²) >= 11 is 0. The van der Waals surface area contributed by atoms with Gasteiger partial charge in [-0.15, -0.1) is 0 Å². The SMILES string of the molecule is C=CC(=O)N1CC[C@H](C(=O)N(C)[C@H](C(=O)N[C@H]2Cc3cc(O)cc(c3)-c3ccc4c(c3)C(CC(c3cccnc3)=C4C(C)(C)C#N)CC(C)(C)COC(=O)[C@@H]3CCCN(N3)C2=O)C(C)C)C1. The van der Waals surface area contributed by atoms with Crippen LogP contribution in [0.5, 0.6) is 5.75 Å². The number of likely N-dealkylation sites (N-methyl/N-ethyl adjacent to an activating group) is 1. The molecule has 4 amide bonds. The van der Waals surface area contributed by atoms with E-state index in [0.717, 1.165) is 33.4 Å². The topological polar surface area (TPSA) is 185 Å². The molecule has 1 unspecified atom stereocenters. The van der Waals surface area contributed by atoms with E-state index < -0.39 is 52.7 Å². The van der Waals surface area contributed by atoms with Crippen molar-refractivity contribution >= 4 is 40.7 Å². The van der Waals surface area contributed by atoms with E-state index in [1.807, 2.05) is 64.2 Å². The van der Waals surface area contributed by atoms with Gasteiger partial charge in [0.15, 0.2) is 0 Å². The average Bonchev–Trinajstić information content (AvgIpc) is 3.80. The molecule has 348 valence electrons. The number of nitrogens with zero attached hydrogens (tertiary/aromatic N) is 5. The van der Waals surface area contributed by atoms with Gasteiger partial charge in [0.05, 0.1) is 24.0 Å². The lowest BCUT2D eigenvalue weighted by Gasteiger charge is -2.39. The van der Waals surface area contributed by atoms with Crippen LogP contribution in [-0.2, 0) is 35.1 Å². The van der Waals surface area contributed by atoms with E-state index in [0.29, 0.717) is 49.8 Å². The molecule has 2 saturated heterocycles. The lowest BCUT2D eigenvalue weighted by molar-refractivity contribution is -0.155. The molecule has 14 nitrogen and oxygen atoms in total. The number of hydrogen-bond acceptors (Lipinski definition) is 10. The number of carbonyl (C=O) groups is 5. The number of esters is 1. The first kappa shape index (κ1) is 47.6. The van der Waals surface area contributed by atoms with Crippen molar-refractivity contribution in [2.24, 2.45) is 22.7 Å². The Kier molecular flexibility index (Phi) is 13.9. The molecule has 1 aromatic heterocycles. The van der Waals surface area contributed by atoms with Gasteiger partial charge in [0.25, 0.3) is 5.91 Å². The maximum atomic E-state index is 14.7. The fourth-order valence-corrected chi connectivity index (χ4v) is 10.4. The number of nitriles is 1. The first-order valence-electron chi connectivity index (χ1n) is 23.1. The smallest absolute Gasteiger partial charge is 0.324 e. The molecule has 4 aliphatic rings. The van der Waals surface area contributed by atoms with Crippen LogP contribution in [0.25, 0.3) is 22.3 Å². The first-order valence-corrected chi connectivity index (χ1v) is 23.1. The number of ether oxygens (including phenoxy) is 1. The van der Waals surface area contributed by atoms with Crippen molar-refractivity contribution in [3.63, 3.8) is 0 Å². The van der Waals surface area contributed by atoms with Crippen molar-refractivity contribution in [1.82, 2.24) is 30.5 Å². The highest BCUT2D eigenvalue weighted by Crippen LogP contribution is 2.53. The third kappa shape index (κ3) is 10.1. The normalized spacial score (nSPS) is 22.7. The maximum absolute atomic E-state index is 14.7. The molecule has 0 spiro atoms. The van der Waals surface area contributed by atoms with Gasteiger partial charge in [-0.3, -0.25) is 34.0 Å². The molecule has 6 bridgehead atoms. The number of benzene rings is 2. The predicted octanol–water partition coefficient (Wildman–Crippen LogP) is 6.42. The first-order chi connectivity index (χ1) is 31.3. The van der Waals surface area contributed by atoms with E-state index in [4.69, 9.17) is 4.74 Å². The summed E-state index contributed by atoms with van der Waals surface area (Å²) in [7, 11) is 1.57. The van der Waals surface area contributed by atoms with E-state index in [1.165, 1.54) is 16.0 Å². The number of amides is 4. The second-order valence-electron chi connectivity index (χ2n) is 20.1. The third-order valence-electron chi connectivity index (χ3n) is 13.6. The van der Waals surface area contributed by atoms with Crippen molar-refractivity contribution in [3.05, 3.63) is 95.8 Å². The van der Waals surface area contributed by atoms with E-state index in [9.17, 15) is 34.3 Å². The second-order valence-corrected chi connectivity index (χ2v) is 20.1. The van der Waals surface area contributed by atoms with Crippen LogP contribution in [-0.4, -0.2) is 106 Å². The second kappa shape index (κ2) is 19.3. The van der Waals surface area contributed by atoms with Crippen molar-refractivity contribution in [1.29, 1.82) is 5.26 Å². The number of hydrazine groups is 1. The van der Waals surface area contributed by atoms with Crippen LogP contribution in [0.15, 0.2) is 73.6 Å². The number of allylic oxidation sites excluding steroid dienone is 2. The lowest BCUT2D eigenvalue weighted by atomic mass is 9.65. The summed E-state index contributed by atoms with van der Waals surface area (Å²) in [6.07, 6.45) is 7.41. The number of likely N-dealkylation sites (tertiary alicyclic amines) is 1. The Morgan fingerprint density at radius 3 is 2.55 bits per heavy atom. The quantitative estimate of drug-likeness (QED) is 0.169. The largest absolute Gasteiger partial charge is 0.508 e. The Morgan fingerprint density at radius 2 is 1.85 bits per heavy atom. The number of nitrogens with one attached hydrogen (secondary N) is 2. The van der Waals surface area contributed by atoms with Gasteiger partial charge in [0.2, 0.25) is 17.7 Å². The highest BCUT2D eigenvalue weighted by Gasteiger charge is 2.42. The van der Waals surface area contributed by atoms with Crippen LogP contribution >= 0.6 is 0 Å². The minimum atomic E-state index is -1.18. The number of rotatable bonds is 8. The van der Waals surface area contributed by atoms with Crippen molar-refractivity contribution < 1.29 is 33.8 Å². The molecule has 1 aliphatic carbocycles. The molecule has 3 aliphatic heterocycles. The summed E-state index contributed by atoms with van der Waals surface area (Å²) in [4.78, 5) is 76.7. The number of carbonyl (C=O) groups excluding carboxylic acids is 5. The van der Waals surface area contributed by atoms with Gasteiger partial charge in [-0.2, -0.15) is 5.26 Å². The molecule has 7 rings (SSSR count). The molecule has 0 saturated carbocycles. The summed E-state index contributed by atoms with van der Waals surface area (Å²) in [6, 6.07) is 14.8. The van der Waals surface area contributed by atoms with Gasteiger partial charge in [0, 0.05) is 45.5 Å². The molecule has 2 aromatic carbocycles. The number of pyridine rings is 1. The highest BCUT2D eigenvalue weighted by molar-refractivity contribution is 5.98. The summed E-state index contributed by atoms with van der Waals surface area (Å²) in [5, 5.41) is 26.3. The summed E-state index contributed by atoms with van der Waals surface area (Å²) in [6.45, 7) is 16.2. The summed E-state index contributed by atoms with van der Waals surface area (Å²) in [5.41, 5.74) is 8.71. The lowest BCUT2D eigenvalue weighted by Crippen LogP contribution is -2.62. The minimum Gasteiger partial charge on any atom is -0.508 e. The van der Waals surface area contributed by atoms with Crippen molar-refractivity contribution in [2.75, 3.05) is 33.3 Å². The Morgan fingerprint density at radius 1 is 1.08 bits per heavy atom. The monoisotopic (exact) mass is 897 g/mol. The Labute approximate surface area is 388 Å². The van der Waals surface area contributed by atoms with E-state index in [2.05, 4.69) is 48.3 Å². The molecule has 5 atom stereocenters. The van der Waals surface area contributed by atoms with E-state index in [1.54, 1.807) is 30.3 Å². The Hall–Kier alpha value is -6.33. The minimum absolute atomic E-state index is 0.0253. The molecule has 3 N–H and O–H groups in total. The summed E-state index contributed by atoms with van der Waals surface area (Å²) < 4.78 is 6.07. The van der Waals surface area contributed by atoms with Crippen LogP contribution < -0.4 is 10.7 Å². The molecule has 0 radical (unpaired) electrons. The van der Waals surface area contributed by atoms with Crippen molar-refractivity contribution in [2.45, 2.75) is 104 Å². The van der Waals surface area contributed by atoms with E-state index >= 15 is 0 Å². The average molecular weight is 898 g/mol. The number of aromatic hydroxyl groups is 1. The van der Waals surface area contributed by atoms with E-state index in [-0.39, 0.29) is 55.5 Å². The van der Waals surface area contributed by atoms with Gasteiger partial charge in [0.1, 0.15) is 23.9 Å². The van der Waals surface area contributed by atoms with Gasteiger partial charge >= 0.3 is 5.97 Å². The third-order valence-corrected chi connectivity index (χ3v) is 13.6. The van der Waals surface area contributed by atoms with Gasteiger partial charge in [-0.05, 0) is 132 Å². The molecule has 4 heterocycles. The van der Waals surface area contributed by atoms with Crippen LogP contribution in [0.3, 0.4) is 0 Å². The zero-order chi connectivity index (χ0) is 47.7. The number of aromatic nitrogens is 1. The molecule has 2 fully saturated rings. The fraction of sp³-hybridized carbons (Fsp3) is 0.481. The van der Waals surface area contributed by atoms with Crippen molar-refractivity contribution in [3.8, 4) is 22.9 Å². The molecule has 3 aromatic rings. The zero-order valence-corrected chi connectivity index (χ0v) is 39.2. The Bertz CT molecular complexity index is 2470. The standard InChI is InChI=1S/C52H63N7O7/c1-9-44(61)58-19-16-35(28-58)48(63)57(8)46(31(2)3)47(62)55-43-22-32-20-36(23-38(60)21-32)33-14-15-39-40(24-33)37(25-41(34-12-10-17-54-27-34)45(39)52(6,7)29-53)26-51(4,5)30-66-50(65)42-13-11-18-59(56-42)49(43)64/h9-10,12,14-15,17,20-21,23-24,27,31,35,37,42-43,46,56,60H,1,11,13,16,18-19,22,25-26,28,30H2,2-8H3,(H,55,62)/t35-,37?,42-,43-,46-/m0/s1. The highest BCUT2D eigenvalue weighted by atomic mass is 16.5. The van der Waals surface area contributed by atoms with Gasteiger partial charge in [-0.25, -0.2) is 5.43 Å². The summed E-state index contributed by atoms with van der Waals surface area (Å²) in [5.74, 6) is -2.99. The van der Waals surface area contributed by atoms with Crippen LogP contribution in [0.2, 0.25) is 0 Å². The van der Waals surface area contributed by atoms with Crippen LogP contribution in [0.1, 0.15) is 102 Å². The molecular formula is C52H63N7O7. The number of fused-ring (bicyclic) bond motifs is 6. The number of cyclic esters (lactones) is 1. The van der Waals surface area contributed by atoms with Crippen LogP contribution in [0.4, 0.5) is 0 Å². The number of hydrogen-bond donors (Lipinski definition) is 3. The van der Waals surface area contributed by atoms with Gasteiger partial charge < -0.3 is 25.0 Å². The molecule has 66 heavy (non-hydrogen) atoms. The number of phenols is 1. The van der Waals surface area contributed by atoms with Gasteiger partial charge in [-0.1, -0.05) is 64.6 Å². The predicted molar refractivity (Wildman–Crippen MR) is 250 cm³/mol. The fourth-order valence-electron chi connectivity index (χ4n) is 10.4. The Balaban J connectivity index is 1.29. The molecule has 14 heteroatoms. The van der Waals surface area contributed by atoms with Crippen LogP contribution in [0, 0.1) is 34.0 Å². The number of phenolic OH excluding ortho intramolecular Hbond substituents is 1. The molecular weight excluding hydrogens is 835 g/mol.